The highest BCUT2D eigenvalue weighted by atomic mass is 16.5. The van der Waals surface area contributed by atoms with Gasteiger partial charge in [-0.2, -0.15) is 0 Å². The van der Waals surface area contributed by atoms with Gasteiger partial charge in [0.05, 0.1) is 25.2 Å². The van der Waals surface area contributed by atoms with E-state index in [-0.39, 0.29) is 0 Å². The van der Waals surface area contributed by atoms with Gasteiger partial charge in [-0.15, -0.1) is 0 Å². The lowest BCUT2D eigenvalue weighted by atomic mass is 10.2. The minimum absolute atomic E-state index is 0.718. The molecule has 0 unspecified atom stereocenters. The fourth-order valence-corrected chi connectivity index (χ4v) is 1.40. The van der Waals surface area contributed by atoms with Crippen molar-refractivity contribution in [3.8, 4) is 5.75 Å². The predicted octanol–water partition coefficient (Wildman–Crippen LogP) is 2.54. The van der Waals surface area contributed by atoms with Gasteiger partial charge in [0.2, 0.25) is 0 Å². The molecule has 0 bridgehead atoms. The van der Waals surface area contributed by atoms with E-state index < -0.39 is 0 Å². The third-order valence-electron chi connectivity index (χ3n) is 2.25. The monoisotopic (exact) mass is 227 g/mol. The number of aromatic nitrogens is 2. The molecule has 0 fully saturated rings. The summed E-state index contributed by atoms with van der Waals surface area (Å²) >= 11 is 0. The SMILES string of the molecule is COc1cc(C)ccc1N=Cc1cnccn1. The van der Waals surface area contributed by atoms with Crippen molar-refractivity contribution in [1.82, 2.24) is 9.97 Å². The van der Waals surface area contributed by atoms with Crippen molar-refractivity contribution in [1.29, 1.82) is 0 Å². The zero-order valence-electron chi connectivity index (χ0n) is 9.79. The number of aliphatic imine (C=N–C) groups is 1. The van der Waals surface area contributed by atoms with E-state index in [1.165, 1.54) is 0 Å². The number of hydrogen-bond donors (Lipinski definition) is 0. The van der Waals surface area contributed by atoms with Crippen molar-refractivity contribution in [3.05, 3.63) is 48.0 Å². The molecule has 0 saturated heterocycles. The van der Waals surface area contributed by atoms with Crippen molar-refractivity contribution < 1.29 is 4.74 Å². The van der Waals surface area contributed by atoms with Crippen LogP contribution in [-0.2, 0) is 0 Å². The lowest BCUT2D eigenvalue weighted by Crippen LogP contribution is -1.88. The van der Waals surface area contributed by atoms with Gasteiger partial charge >= 0.3 is 0 Å². The summed E-state index contributed by atoms with van der Waals surface area (Å²) in [6.07, 6.45) is 6.59. The fraction of sp³-hybridized carbons (Fsp3) is 0.154. The van der Waals surface area contributed by atoms with Gasteiger partial charge in [-0.3, -0.25) is 15.0 Å². The number of rotatable bonds is 3. The summed E-state index contributed by atoms with van der Waals surface area (Å²) in [5, 5.41) is 0. The van der Waals surface area contributed by atoms with Crippen LogP contribution in [0.25, 0.3) is 0 Å². The highest BCUT2D eigenvalue weighted by Crippen LogP contribution is 2.27. The molecule has 1 heterocycles. The number of aryl methyl sites for hydroxylation is 1. The van der Waals surface area contributed by atoms with Crippen molar-refractivity contribution in [2.75, 3.05) is 7.11 Å². The Balaban J connectivity index is 2.27. The summed E-state index contributed by atoms with van der Waals surface area (Å²) in [6.45, 7) is 2.01. The van der Waals surface area contributed by atoms with Gasteiger partial charge in [0.15, 0.2) is 0 Å². The van der Waals surface area contributed by atoms with Crippen LogP contribution in [0.4, 0.5) is 5.69 Å². The van der Waals surface area contributed by atoms with E-state index in [4.69, 9.17) is 4.74 Å². The highest BCUT2D eigenvalue weighted by Gasteiger charge is 2.00. The summed E-state index contributed by atoms with van der Waals surface area (Å²) in [5.74, 6) is 0.755. The second-order valence-corrected chi connectivity index (χ2v) is 3.56. The topological polar surface area (TPSA) is 47.4 Å². The van der Waals surface area contributed by atoms with Crippen LogP contribution in [0, 0.1) is 6.92 Å². The minimum atomic E-state index is 0.718. The molecule has 0 aliphatic heterocycles. The Labute approximate surface area is 100 Å². The Hall–Kier alpha value is -2.23. The molecule has 4 heteroatoms. The standard InChI is InChI=1S/C13H13N3O/c1-10-3-4-12(13(7-10)17-2)16-9-11-8-14-5-6-15-11/h3-9H,1-2H3. The van der Waals surface area contributed by atoms with Crippen LogP contribution in [0.2, 0.25) is 0 Å². The Morgan fingerprint density at radius 2 is 2.18 bits per heavy atom. The van der Waals surface area contributed by atoms with Gasteiger partial charge < -0.3 is 4.74 Å². The maximum Gasteiger partial charge on any atom is 0.144 e. The minimum Gasteiger partial charge on any atom is -0.494 e. The van der Waals surface area contributed by atoms with Crippen molar-refractivity contribution >= 4 is 11.9 Å². The average molecular weight is 227 g/mol. The van der Waals surface area contributed by atoms with E-state index in [0.717, 1.165) is 22.7 Å². The van der Waals surface area contributed by atoms with Crippen LogP contribution in [-0.4, -0.2) is 23.3 Å². The number of methoxy groups -OCH3 is 1. The summed E-state index contributed by atoms with van der Waals surface area (Å²) < 4.78 is 5.26. The van der Waals surface area contributed by atoms with Gasteiger partial charge in [-0.05, 0) is 24.6 Å². The van der Waals surface area contributed by atoms with E-state index in [9.17, 15) is 0 Å². The van der Waals surface area contributed by atoms with E-state index in [0.29, 0.717) is 0 Å². The van der Waals surface area contributed by atoms with Gasteiger partial charge in [0.25, 0.3) is 0 Å². The molecule has 4 nitrogen and oxygen atoms in total. The van der Waals surface area contributed by atoms with Crippen LogP contribution >= 0.6 is 0 Å². The van der Waals surface area contributed by atoms with Gasteiger partial charge in [0.1, 0.15) is 11.4 Å². The summed E-state index contributed by atoms with van der Waals surface area (Å²) in [6, 6.07) is 5.86. The molecule has 0 aliphatic carbocycles. The largest absolute Gasteiger partial charge is 0.494 e. The maximum absolute atomic E-state index is 5.26. The lowest BCUT2D eigenvalue weighted by molar-refractivity contribution is 0.416. The van der Waals surface area contributed by atoms with E-state index in [2.05, 4.69) is 15.0 Å². The van der Waals surface area contributed by atoms with Gasteiger partial charge in [-0.1, -0.05) is 6.07 Å². The summed E-state index contributed by atoms with van der Waals surface area (Å²) in [5.41, 5.74) is 2.64. The lowest BCUT2D eigenvalue weighted by Gasteiger charge is -2.04. The zero-order chi connectivity index (χ0) is 12.1. The molecule has 2 aromatic rings. The quantitative estimate of drug-likeness (QED) is 0.757. The van der Waals surface area contributed by atoms with Crippen LogP contribution in [0.3, 0.4) is 0 Å². The first-order valence-electron chi connectivity index (χ1n) is 5.24. The zero-order valence-corrected chi connectivity index (χ0v) is 9.79. The third kappa shape index (κ3) is 2.87. The molecule has 86 valence electrons. The molecule has 0 atom stereocenters. The molecule has 1 aromatic carbocycles. The molecule has 0 aliphatic rings. The van der Waals surface area contributed by atoms with Gasteiger partial charge in [0, 0.05) is 12.4 Å². The first-order chi connectivity index (χ1) is 8.29. The Kier molecular flexibility index (Phi) is 3.45. The van der Waals surface area contributed by atoms with Crippen LogP contribution in [0.15, 0.2) is 41.8 Å². The molecule has 2 rings (SSSR count). The molecule has 0 N–H and O–H groups in total. The van der Waals surface area contributed by atoms with Crippen LogP contribution < -0.4 is 4.74 Å². The first kappa shape index (κ1) is 11.3. The second-order valence-electron chi connectivity index (χ2n) is 3.56. The number of hydrogen-bond acceptors (Lipinski definition) is 4. The average Bonchev–Trinajstić information content (AvgIpc) is 2.38. The molecule has 0 amide bonds. The highest BCUT2D eigenvalue weighted by molar-refractivity contribution is 5.80. The molecule has 0 radical (unpaired) electrons. The Morgan fingerprint density at radius 3 is 2.88 bits per heavy atom. The molecule has 0 saturated carbocycles. The van der Waals surface area contributed by atoms with Crippen LogP contribution in [0.5, 0.6) is 5.75 Å². The van der Waals surface area contributed by atoms with E-state index in [1.807, 2.05) is 25.1 Å². The third-order valence-corrected chi connectivity index (χ3v) is 2.25. The van der Waals surface area contributed by atoms with Crippen molar-refractivity contribution in [2.45, 2.75) is 6.92 Å². The first-order valence-corrected chi connectivity index (χ1v) is 5.24. The number of nitrogens with zero attached hydrogens (tertiary/aromatic N) is 3. The van der Waals surface area contributed by atoms with E-state index in [1.54, 1.807) is 31.9 Å². The van der Waals surface area contributed by atoms with E-state index >= 15 is 0 Å². The Morgan fingerprint density at radius 1 is 1.29 bits per heavy atom. The summed E-state index contributed by atoms with van der Waals surface area (Å²) in [4.78, 5) is 12.4. The normalized spacial score (nSPS) is 10.7. The molecule has 17 heavy (non-hydrogen) atoms. The summed E-state index contributed by atoms with van der Waals surface area (Å²) in [7, 11) is 1.64. The number of benzene rings is 1. The maximum atomic E-state index is 5.26. The van der Waals surface area contributed by atoms with Crippen LogP contribution in [0.1, 0.15) is 11.3 Å². The molecule has 1 aromatic heterocycles. The Bertz CT molecular complexity index is 523. The second kappa shape index (κ2) is 5.21. The van der Waals surface area contributed by atoms with Crippen molar-refractivity contribution in [2.24, 2.45) is 4.99 Å². The van der Waals surface area contributed by atoms with Crippen molar-refractivity contribution in [3.63, 3.8) is 0 Å². The smallest absolute Gasteiger partial charge is 0.144 e. The molecular weight excluding hydrogens is 214 g/mol. The number of ether oxygens (including phenoxy) is 1. The predicted molar refractivity (Wildman–Crippen MR) is 67.0 cm³/mol. The van der Waals surface area contributed by atoms with Gasteiger partial charge in [-0.25, -0.2) is 0 Å². The molecular formula is C13H13N3O. The molecule has 0 spiro atoms. The fourth-order valence-electron chi connectivity index (χ4n) is 1.40.